The Kier molecular flexibility index (Phi) is 2.28. The first-order chi connectivity index (χ1) is 8.61. The maximum atomic E-state index is 13.0. The maximum Gasteiger partial charge on any atom is 0.270 e. The minimum Gasteiger partial charge on any atom is -0.478 e. The number of halogens is 2. The van der Waals surface area contributed by atoms with E-state index in [2.05, 4.69) is 0 Å². The second-order valence-electron chi connectivity index (χ2n) is 4.39. The number of rotatable bonds is 3. The van der Waals surface area contributed by atoms with Gasteiger partial charge in [-0.15, -0.1) is 0 Å². The lowest BCUT2D eigenvalue weighted by Gasteiger charge is -2.31. The highest BCUT2D eigenvalue weighted by Crippen LogP contribution is 2.54. The number of hydrogen-bond donors (Lipinski definition) is 0. The fourth-order valence-corrected chi connectivity index (χ4v) is 2.23. The number of nitro benzene ring substituents is 1. The molecule has 1 aromatic rings. The van der Waals surface area contributed by atoms with Gasteiger partial charge in [-0.3, -0.25) is 10.1 Å². The average Bonchev–Trinajstić information content (AvgIpc) is 3.18. The van der Waals surface area contributed by atoms with E-state index in [1.54, 1.807) is 0 Å². The molecule has 96 valence electrons. The first kappa shape index (κ1) is 11.3. The molecule has 0 spiro atoms. The highest BCUT2D eigenvalue weighted by Gasteiger charge is 2.62. The number of benzene rings is 1. The minimum atomic E-state index is -1.60. The summed E-state index contributed by atoms with van der Waals surface area (Å²) in [6.07, 6.45) is -1.22. The molecule has 2 aliphatic rings. The molecule has 1 saturated heterocycles. The van der Waals surface area contributed by atoms with Crippen molar-refractivity contribution in [2.75, 3.05) is 13.3 Å². The molecule has 0 radical (unpaired) electrons. The van der Waals surface area contributed by atoms with Gasteiger partial charge in [-0.2, -0.15) is 0 Å². The van der Waals surface area contributed by atoms with Crippen LogP contribution in [0.25, 0.3) is 0 Å². The zero-order chi connectivity index (χ0) is 12.9. The Morgan fingerprint density at radius 2 is 2.11 bits per heavy atom. The maximum absolute atomic E-state index is 13.0. The molecule has 0 N–H and O–H groups in total. The van der Waals surface area contributed by atoms with Crippen LogP contribution in [0.4, 0.5) is 14.5 Å². The van der Waals surface area contributed by atoms with Gasteiger partial charge in [-0.05, 0) is 6.07 Å². The predicted octanol–water partition coefficient (Wildman–Crippen LogP) is 2.10. The molecule has 0 aliphatic carbocycles. The third kappa shape index (κ3) is 1.40. The summed E-state index contributed by atoms with van der Waals surface area (Å²) in [5.74, 6) is 0.245. The fourth-order valence-electron chi connectivity index (χ4n) is 2.23. The molecule has 5 nitrogen and oxygen atoms in total. The fraction of sp³-hybridized carbons (Fsp3) is 0.455. The highest BCUT2D eigenvalue weighted by molar-refractivity contribution is 5.49. The summed E-state index contributed by atoms with van der Waals surface area (Å²) in [5, 5.41) is 10.7. The molecule has 1 aromatic carbocycles. The molecule has 0 bridgehead atoms. The lowest BCUT2D eigenvalue weighted by molar-refractivity contribution is -0.385. The number of nitrogens with zero attached hydrogens (tertiary/aromatic N) is 1. The Morgan fingerprint density at radius 1 is 1.39 bits per heavy atom. The van der Waals surface area contributed by atoms with E-state index < -0.39 is 36.1 Å². The highest BCUT2D eigenvalue weighted by atomic mass is 19.1. The quantitative estimate of drug-likeness (QED) is 0.472. The van der Waals surface area contributed by atoms with Gasteiger partial charge in [0, 0.05) is 17.7 Å². The number of alkyl halides is 2. The van der Waals surface area contributed by atoms with Crippen molar-refractivity contribution in [2.24, 2.45) is 0 Å². The zero-order valence-corrected chi connectivity index (χ0v) is 9.14. The molecule has 3 rings (SSSR count). The predicted molar refractivity (Wildman–Crippen MR) is 56.0 cm³/mol. The Morgan fingerprint density at radius 3 is 2.72 bits per heavy atom. The molecule has 18 heavy (non-hydrogen) atoms. The van der Waals surface area contributed by atoms with Crippen LogP contribution in [0.2, 0.25) is 0 Å². The van der Waals surface area contributed by atoms with Crippen LogP contribution < -0.4 is 4.74 Å². The van der Waals surface area contributed by atoms with Crippen molar-refractivity contribution >= 4 is 5.69 Å². The molecule has 0 aromatic heterocycles. The van der Waals surface area contributed by atoms with Crippen LogP contribution in [0.1, 0.15) is 11.7 Å². The van der Waals surface area contributed by atoms with Crippen LogP contribution in [0.15, 0.2) is 18.2 Å². The Labute approximate surface area is 100 Å². The van der Waals surface area contributed by atoms with E-state index in [4.69, 9.17) is 9.47 Å². The lowest BCUT2D eigenvalue weighted by atomic mass is 9.93. The van der Waals surface area contributed by atoms with E-state index in [0.29, 0.717) is 5.56 Å². The van der Waals surface area contributed by atoms with Gasteiger partial charge in [0.1, 0.15) is 31.3 Å². The second-order valence-corrected chi connectivity index (χ2v) is 4.39. The number of nitro groups is 1. The van der Waals surface area contributed by atoms with E-state index in [9.17, 15) is 18.9 Å². The molecule has 1 fully saturated rings. The van der Waals surface area contributed by atoms with Crippen LogP contribution in [-0.4, -0.2) is 30.0 Å². The standard InChI is InChI=1S/C11H9F2NO4/c12-4-11(5-13)10-9(17-10)7-3-6(14(15)16)1-2-8(7)18-11/h1-3,9-10H,4-5H2. The molecular weight excluding hydrogens is 248 g/mol. The van der Waals surface area contributed by atoms with Crippen molar-refractivity contribution in [3.05, 3.63) is 33.9 Å². The van der Waals surface area contributed by atoms with Gasteiger partial charge in [0.15, 0.2) is 5.60 Å². The summed E-state index contributed by atoms with van der Waals surface area (Å²) in [5.41, 5.74) is -1.22. The number of ether oxygens (including phenoxy) is 2. The minimum absolute atomic E-state index is 0.0976. The smallest absolute Gasteiger partial charge is 0.270 e. The van der Waals surface area contributed by atoms with Gasteiger partial charge in [0.2, 0.25) is 0 Å². The molecule has 7 heteroatoms. The Hall–Kier alpha value is -1.76. The van der Waals surface area contributed by atoms with Crippen LogP contribution in [0.3, 0.4) is 0 Å². The molecule has 2 heterocycles. The summed E-state index contributed by atoms with van der Waals surface area (Å²) >= 11 is 0. The summed E-state index contributed by atoms with van der Waals surface area (Å²) in [6, 6.07) is 3.91. The third-order valence-electron chi connectivity index (χ3n) is 3.29. The van der Waals surface area contributed by atoms with Crippen LogP contribution in [0, 0.1) is 10.1 Å². The Balaban J connectivity index is 2.02. The van der Waals surface area contributed by atoms with Crippen molar-refractivity contribution in [2.45, 2.75) is 17.8 Å². The third-order valence-corrected chi connectivity index (χ3v) is 3.29. The molecule has 2 atom stereocenters. The van der Waals surface area contributed by atoms with Crippen molar-refractivity contribution in [1.82, 2.24) is 0 Å². The molecular formula is C11H9F2NO4. The van der Waals surface area contributed by atoms with E-state index in [-0.39, 0.29) is 11.4 Å². The van der Waals surface area contributed by atoms with Crippen LogP contribution in [0.5, 0.6) is 5.75 Å². The summed E-state index contributed by atoms with van der Waals surface area (Å²) in [4.78, 5) is 10.1. The van der Waals surface area contributed by atoms with Gasteiger partial charge in [0.05, 0.1) is 4.92 Å². The number of fused-ring (bicyclic) bond motifs is 3. The molecule has 2 aliphatic heterocycles. The average molecular weight is 257 g/mol. The molecule has 2 unspecified atom stereocenters. The van der Waals surface area contributed by atoms with Gasteiger partial charge in [-0.25, -0.2) is 8.78 Å². The van der Waals surface area contributed by atoms with E-state index >= 15 is 0 Å². The first-order valence-corrected chi connectivity index (χ1v) is 5.36. The number of hydrogen-bond acceptors (Lipinski definition) is 4. The van der Waals surface area contributed by atoms with Gasteiger partial charge >= 0.3 is 0 Å². The number of epoxide rings is 1. The summed E-state index contributed by atoms with van der Waals surface area (Å²) < 4.78 is 36.4. The van der Waals surface area contributed by atoms with Crippen molar-refractivity contribution < 1.29 is 23.2 Å². The van der Waals surface area contributed by atoms with E-state index in [1.165, 1.54) is 18.2 Å². The normalized spacial score (nSPS) is 26.8. The summed E-state index contributed by atoms with van der Waals surface area (Å²) in [7, 11) is 0. The Bertz CT molecular complexity index is 518. The van der Waals surface area contributed by atoms with E-state index in [1.807, 2.05) is 0 Å². The van der Waals surface area contributed by atoms with Gasteiger partial charge in [-0.1, -0.05) is 0 Å². The van der Waals surface area contributed by atoms with Crippen molar-refractivity contribution in [3.8, 4) is 5.75 Å². The second kappa shape index (κ2) is 3.61. The van der Waals surface area contributed by atoms with Gasteiger partial charge < -0.3 is 9.47 Å². The molecule has 0 saturated carbocycles. The monoisotopic (exact) mass is 257 g/mol. The van der Waals surface area contributed by atoms with Crippen LogP contribution >= 0.6 is 0 Å². The first-order valence-electron chi connectivity index (χ1n) is 5.36. The number of non-ortho nitro benzene ring substituents is 1. The topological polar surface area (TPSA) is 64.9 Å². The van der Waals surface area contributed by atoms with Crippen molar-refractivity contribution in [1.29, 1.82) is 0 Å². The van der Waals surface area contributed by atoms with Gasteiger partial charge in [0.25, 0.3) is 5.69 Å². The van der Waals surface area contributed by atoms with Crippen LogP contribution in [-0.2, 0) is 4.74 Å². The zero-order valence-electron chi connectivity index (χ0n) is 9.14. The SMILES string of the molecule is O=[N+]([O-])c1ccc2c(c1)C1OC1C(CF)(CF)O2. The largest absolute Gasteiger partial charge is 0.478 e. The summed E-state index contributed by atoms with van der Waals surface area (Å²) in [6.45, 7) is -2.00. The molecule has 0 amide bonds. The van der Waals surface area contributed by atoms with E-state index in [0.717, 1.165) is 0 Å². The lowest BCUT2D eigenvalue weighted by Crippen LogP contribution is -2.48. The van der Waals surface area contributed by atoms with Crippen molar-refractivity contribution in [3.63, 3.8) is 0 Å².